The minimum absolute atomic E-state index is 0.312. The molecule has 0 atom stereocenters. The molecule has 3 rings (SSSR count). The Kier molecular flexibility index (Phi) is 6.38. The Morgan fingerprint density at radius 2 is 2.04 bits per heavy atom. The molecule has 0 aliphatic heterocycles. The van der Waals surface area contributed by atoms with Gasteiger partial charge in [0, 0.05) is 13.2 Å². The number of rotatable bonds is 6. The molecule has 0 N–H and O–H groups in total. The number of nitrogens with zero attached hydrogens (tertiary/aromatic N) is 3. The highest BCUT2D eigenvalue weighted by Crippen LogP contribution is 2.21. The topological polar surface area (TPSA) is 82.8 Å². The number of ether oxygens (including phenoxy) is 2. The third kappa shape index (κ3) is 4.21. The number of aryl methyl sites for hydroxylation is 2. The number of aromatic nitrogens is 2. The maximum Gasteiger partial charge on any atom is 0.337 e. The van der Waals surface area contributed by atoms with Crippen LogP contribution in [0.25, 0.3) is 10.2 Å². The van der Waals surface area contributed by atoms with Gasteiger partial charge in [-0.15, -0.1) is 11.3 Å². The Balaban J connectivity index is 2.10. The van der Waals surface area contributed by atoms with Gasteiger partial charge in [0.1, 0.15) is 4.88 Å². The van der Waals surface area contributed by atoms with Crippen LogP contribution in [0.3, 0.4) is 0 Å². The van der Waals surface area contributed by atoms with E-state index in [1.807, 2.05) is 31.4 Å². The minimum Gasteiger partial charge on any atom is -0.465 e. The van der Waals surface area contributed by atoms with E-state index >= 15 is 0 Å². The van der Waals surface area contributed by atoms with Gasteiger partial charge in [0.2, 0.25) is 0 Å². The first-order valence-corrected chi connectivity index (χ1v) is 10.4. The lowest BCUT2D eigenvalue weighted by molar-refractivity contribution is 0.0600. The first kappa shape index (κ1) is 20.4. The number of esters is 1. The van der Waals surface area contributed by atoms with E-state index < -0.39 is 5.97 Å². The Bertz CT molecular complexity index is 1090. The van der Waals surface area contributed by atoms with Gasteiger partial charge in [-0.3, -0.25) is 4.79 Å². The van der Waals surface area contributed by atoms with E-state index in [-0.39, 0.29) is 5.91 Å². The standard InChI is InChI=1S/C19H21N3O4S2/c1-5-26-9-8-22-14-7-6-13(18(24)25-4)10-15(14)28-19(22)21-17(23)16-11(2)20-12(3)27-16/h6-7,10H,5,8-9H2,1-4H3. The van der Waals surface area contributed by atoms with Crippen LogP contribution in [0, 0.1) is 13.8 Å². The molecule has 0 aliphatic rings. The van der Waals surface area contributed by atoms with Gasteiger partial charge in [-0.1, -0.05) is 11.3 Å². The van der Waals surface area contributed by atoms with Crippen molar-refractivity contribution in [2.24, 2.45) is 4.99 Å². The molecule has 1 amide bonds. The Labute approximate surface area is 170 Å². The largest absolute Gasteiger partial charge is 0.465 e. The van der Waals surface area contributed by atoms with Crippen LogP contribution in [0.4, 0.5) is 0 Å². The van der Waals surface area contributed by atoms with Gasteiger partial charge in [-0.25, -0.2) is 9.78 Å². The third-order valence-electron chi connectivity index (χ3n) is 4.06. The maximum atomic E-state index is 12.7. The molecular formula is C19H21N3O4S2. The molecule has 0 aliphatic carbocycles. The summed E-state index contributed by atoms with van der Waals surface area (Å²) in [5.41, 5.74) is 2.03. The minimum atomic E-state index is -0.401. The monoisotopic (exact) mass is 419 g/mol. The molecule has 9 heteroatoms. The molecule has 0 spiro atoms. The van der Waals surface area contributed by atoms with Crippen LogP contribution < -0.4 is 4.80 Å². The molecule has 0 fully saturated rings. The van der Waals surface area contributed by atoms with Crippen molar-refractivity contribution in [2.75, 3.05) is 20.3 Å². The van der Waals surface area contributed by atoms with Gasteiger partial charge >= 0.3 is 5.97 Å². The smallest absolute Gasteiger partial charge is 0.337 e. The number of benzene rings is 1. The van der Waals surface area contributed by atoms with Crippen molar-refractivity contribution in [3.05, 3.63) is 44.1 Å². The van der Waals surface area contributed by atoms with Crippen molar-refractivity contribution in [2.45, 2.75) is 27.3 Å². The zero-order valence-electron chi connectivity index (χ0n) is 16.1. The summed E-state index contributed by atoms with van der Waals surface area (Å²) >= 11 is 2.70. The molecule has 148 valence electrons. The number of methoxy groups -OCH3 is 1. The number of thiazole rings is 2. The van der Waals surface area contributed by atoms with E-state index in [1.54, 1.807) is 12.1 Å². The summed E-state index contributed by atoms with van der Waals surface area (Å²) < 4.78 is 13.1. The fourth-order valence-electron chi connectivity index (χ4n) is 2.79. The molecule has 1 aromatic carbocycles. The molecule has 0 unspecified atom stereocenters. The summed E-state index contributed by atoms with van der Waals surface area (Å²) in [7, 11) is 1.35. The van der Waals surface area contributed by atoms with Crippen molar-refractivity contribution >= 4 is 44.8 Å². The molecule has 28 heavy (non-hydrogen) atoms. The summed E-state index contributed by atoms with van der Waals surface area (Å²) in [4.78, 5) is 34.3. The summed E-state index contributed by atoms with van der Waals surface area (Å²) in [5.74, 6) is -0.713. The molecule has 0 saturated heterocycles. The molecular weight excluding hydrogens is 398 g/mol. The fourth-order valence-corrected chi connectivity index (χ4v) is 4.69. The molecule has 2 aromatic heterocycles. The molecule has 0 radical (unpaired) electrons. The average molecular weight is 420 g/mol. The number of fused-ring (bicyclic) bond motifs is 1. The first-order valence-electron chi connectivity index (χ1n) is 8.77. The SMILES string of the molecule is CCOCCn1c(=NC(=O)c2sc(C)nc2C)sc2cc(C(=O)OC)ccc21. The van der Waals surface area contributed by atoms with Crippen LogP contribution in [0.15, 0.2) is 23.2 Å². The van der Waals surface area contributed by atoms with Crippen molar-refractivity contribution in [3.63, 3.8) is 0 Å². The lowest BCUT2D eigenvalue weighted by Crippen LogP contribution is -2.19. The second-order valence-corrected chi connectivity index (χ2v) is 8.18. The summed E-state index contributed by atoms with van der Waals surface area (Å²) in [6.07, 6.45) is 0. The van der Waals surface area contributed by atoms with Crippen LogP contribution in [-0.4, -0.2) is 41.8 Å². The van der Waals surface area contributed by atoms with Crippen molar-refractivity contribution in [1.82, 2.24) is 9.55 Å². The lowest BCUT2D eigenvalue weighted by atomic mass is 10.2. The van der Waals surface area contributed by atoms with E-state index in [0.29, 0.717) is 40.7 Å². The van der Waals surface area contributed by atoms with Crippen LogP contribution >= 0.6 is 22.7 Å². The average Bonchev–Trinajstić information content (AvgIpc) is 3.19. The van der Waals surface area contributed by atoms with Crippen LogP contribution in [0.2, 0.25) is 0 Å². The molecule has 3 aromatic rings. The summed E-state index contributed by atoms with van der Waals surface area (Å²) in [6, 6.07) is 5.31. The van der Waals surface area contributed by atoms with Gasteiger partial charge in [-0.05, 0) is 39.0 Å². The Morgan fingerprint density at radius 1 is 1.25 bits per heavy atom. The summed E-state index contributed by atoms with van der Waals surface area (Å²) in [6.45, 7) is 7.27. The predicted octanol–water partition coefficient (Wildman–Crippen LogP) is 3.34. The zero-order valence-corrected chi connectivity index (χ0v) is 17.8. The number of carbonyl (C=O) groups is 2. The van der Waals surface area contributed by atoms with Gasteiger partial charge in [0.25, 0.3) is 5.91 Å². The Hall–Kier alpha value is -2.36. The van der Waals surface area contributed by atoms with E-state index in [1.165, 1.54) is 29.8 Å². The molecule has 0 saturated carbocycles. The van der Waals surface area contributed by atoms with Crippen LogP contribution in [0.5, 0.6) is 0 Å². The molecule has 0 bridgehead atoms. The second kappa shape index (κ2) is 8.76. The fraction of sp³-hybridized carbons (Fsp3) is 0.368. The van der Waals surface area contributed by atoms with E-state index in [9.17, 15) is 9.59 Å². The van der Waals surface area contributed by atoms with Crippen LogP contribution in [-0.2, 0) is 16.0 Å². The Morgan fingerprint density at radius 3 is 2.68 bits per heavy atom. The predicted molar refractivity (Wildman–Crippen MR) is 109 cm³/mol. The second-order valence-electron chi connectivity index (χ2n) is 5.97. The van der Waals surface area contributed by atoms with Gasteiger partial charge in [0.15, 0.2) is 4.80 Å². The number of carbonyl (C=O) groups excluding carboxylic acids is 2. The van der Waals surface area contributed by atoms with Gasteiger partial charge in [0.05, 0.1) is 40.2 Å². The first-order chi connectivity index (χ1) is 13.4. The van der Waals surface area contributed by atoms with E-state index in [4.69, 9.17) is 9.47 Å². The normalized spacial score (nSPS) is 11.9. The highest BCUT2D eigenvalue weighted by molar-refractivity contribution is 7.16. The molecule has 2 heterocycles. The van der Waals surface area contributed by atoms with E-state index in [2.05, 4.69) is 9.98 Å². The van der Waals surface area contributed by atoms with Gasteiger partial charge < -0.3 is 14.0 Å². The van der Waals surface area contributed by atoms with E-state index in [0.717, 1.165) is 15.2 Å². The maximum absolute atomic E-state index is 12.7. The number of hydrogen-bond donors (Lipinski definition) is 0. The highest BCUT2D eigenvalue weighted by Gasteiger charge is 2.15. The molecule has 7 nitrogen and oxygen atoms in total. The number of amides is 1. The van der Waals surface area contributed by atoms with Gasteiger partial charge in [-0.2, -0.15) is 4.99 Å². The quantitative estimate of drug-likeness (QED) is 0.452. The van der Waals surface area contributed by atoms with Crippen molar-refractivity contribution in [3.8, 4) is 0 Å². The summed E-state index contributed by atoms with van der Waals surface area (Å²) in [5, 5.41) is 0.833. The third-order valence-corrected chi connectivity index (χ3v) is 6.16. The number of hydrogen-bond acceptors (Lipinski definition) is 7. The zero-order chi connectivity index (χ0) is 20.3. The van der Waals surface area contributed by atoms with Crippen LogP contribution in [0.1, 0.15) is 37.7 Å². The lowest BCUT2D eigenvalue weighted by Gasteiger charge is -2.06. The van der Waals surface area contributed by atoms with Crippen molar-refractivity contribution in [1.29, 1.82) is 0 Å². The van der Waals surface area contributed by atoms with Crippen molar-refractivity contribution < 1.29 is 19.1 Å². The highest BCUT2D eigenvalue weighted by atomic mass is 32.1.